The molecule has 0 saturated heterocycles. The second kappa shape index (κ2) is 9.03. The zero-order valence-corrected chi connectivity index (χ0v) is 22.0. The number of aromatic hydroxyl groups is 1. The van der Waals surface area contributed by atoms with Crippen LogP contribution in [0, 0.1) is 5.92 Å². The molecule has 0 saturated carbocycles. The smallest absolute Gasteiger partial charge is 0.255 e. The molecule has 1 atom stereocenters. The van der Waals surface area contributed by atoms with Gasteiger partial charge in [-0.1, -0.05) is 71.9 Å². The van der Waals surface area contributed by atoms with Gasteiger partial charge in [-0.2, -0.15) is 0 Å². The van der Waals surface area contributed by atoms with Crippen LogP contribution in [0.25, 0.3) is 11.6 Å². The predicted octanol–water partition coefficient (Wildman–Crippen LogP) is 7.97. The number of hydrogen-bond donors (Lipinski definition) is 2. The summed E-state index contributed by atoms with van der Waals surface area (Å²) in [5.41, 5.74) is 9.51. The summed E-state index contributed by atoms with van der Waals surface area (Å²) >= 11 is 0. The number of rotatable bonds is 5. The highest BCUT2D eigenvalue weighted by Gasteiger charge is 2.48. The maximum atomic E-state index is 12.6. The summed E-state index contributed by atoms with van der Waals surface area (Å²) in [5, 5.41) is 12.3. The van der Waals surface area contributed by atoms with E-state index in [1.165, 1.54) is 27.8 Å². The van der Waals surface area contributed by atoms with Crippen LogP contribution in [0.1, 0.15) is 86.6 Å². The van der Waals surface area contributed by atoms with Crippen molar-refractivity contribution < 1.29 is 9.90 Å². The summed E-state index contributed by atoms with van der Waals surface area (Å²) in [4.78, 5) is 12.6. The maximum absolute atomic E-state index is 12.6. The summed E-state index contributed by atoms with van der Waals surface area (Å²) in [7, 11) is 0. The van der Waals surface area contributed by atoms with Crippen LogP contribution in [0.15, 0.2) is 60.7 Å². The number of fused-ring (bicyclic) bond motifs is 1. The van der Waals surface area contributed by atoms with Crippen molar-refractivity contribution in [3.05, 3.63) is 94.0 Å². The van der Waals surface area contributed by atoms with Crippen molar-refractivity contribution >= 4 is 23.2 Å². The summed E-state index contributed by atoms with van der Waals surface area (Å²) in [5.74, 6) is 0.564. The number of anilines is 1. The van der Waals surface area contributed by atoms with Gasteiger partial charge >= 0.3 is 0 Å². The Hall–Kier alpha value is -3.33. The van der Waals surface area contributed by atoms with Crippen LogP contribution in [0.4, 0.5) is 5.69 Å². The predicted molar refractivity (Wildman–Crippen MR) is 147 cm³/mol. The molecule has 0 heterocycles. The first kappa shape index (κ1) is 24.8. The van der Waals surface area contributed by atoms with Gasteiger partial charge in [-0.3, -0.25) is 4.79 Å². The molecule has 1 aliphatic rings. The van der Waals surface area contributed by atoms with E-state index in [9.17, 15) is 9.90 Å². The highest BCUT2D eigenvalue weighted by molar-refractivity contribution is 6.04. The minimum atomic E-state index is -0.172. The van der Waals surface area contributed by atoms with E-state index in [2.05, 4.69) is 72.0 Å². The number of carbonyl (C=O) groups is 1. The monoisotopic (exact) mass is 467 g/mol. The quantitative estimate of drug-likeness (QED) is 0.295. The number of aryl methyl sites for hydroxylation is 1. The van der Waals surface area contributed by atoms with Crippen molar-refractivity contribution in [1.82, 2.24) is 0 Å². The zero-order chi connectivity index (χ0) is 25.5. The second-order valence-electron chi connectivity index (χ2n) is 11.0. The van der Waals surface area contributed by atoms with E-state index in [1.807, 2.05) is 24.3 Å². The van der Waals surface area contributed by atoms with Gasteiger partial charge in [0.25, 0.3) is 5.91 Å². The molecule has 3 heteroatoms. The summed E-state index contributed by atoms with van der Waals surface area (Å²) in [6.07, 6.45) is 3.20. The zero-order valence-electron chi connectivity index (χ0n) is 22.0. The molecule has 0 spiro atoms. The molecule has 0 aliphatic heterocycles. The molecule has 1 amide bonds. The van der Waals surface area contributed by atoms with Crippen LogP contribution in [-0.2, 0) is 17.3 Å². The molecular weight excluding hydrogens is 430 g/mol. The number of phenols is 1. The molecular formula is C32H37NO2. The number of allylic oxidation sites excluding steroid dienone is 1. The Kier molecular flexibility index (Phi) is 6.40. The van der Waals surface area contributed by atoms with E-state index in [4.69, 9.17) is 0 Å². The minimum absolute atomic E-state index is 0.132. The van der Waals surface area contributed by atoms with Crippen LogP contribution in [0.2, 0.25) is 0 Å². The fourth-order valence-electron chi connectivity index (χ4n) is 5.55. The Labute approximate surface area is 209 Å². The number of nitrogens with one attached hydrogen (secondary N) is 1. The van der Waals surface area contributed by atoms with Crippen molar-refractivity contribution in [2.24, 2.45) is 5.92 Å². The molecule has 3 aromatic carbocycles. The van der Waals surface area contributed by atoms with Crippen LogP contribution in [0.5, 0.6) is 5.75 Å². The average Bonchev–Trinajstić information content (AvgIpc) is 2.96. The number of amides is 1. The molecule has 0 fully saturated rings. The van der Waals surface area contributed by atoms with Gasteiger partial charge in [-0.15, -0.1) is 0 Å². The third-order valence-electron chi connectivity index (χ3n) is 8.28. The fourth-order valence-corrected chi connectivity index (χ4v) is 5.55. The van der Waals surface area contributed by atoms with Gasteiger partial charge in [0.15, 0.2) is 0 Å². The standard InChI is InChI=1S/C32H37NO2/c1-8-23-18-28-29(32(6,7)21(3)31(28,4)5)19-27(23)20(2)17-22-9-11-24(12-10-22)30(35)33-25-13-15-26(34)16-14-25/h9-19,21,34H,8H2,1-7H3,(H,33,35). The number of benzene rings is 3. The largest absolute Gasteiger partial charge is 0.508 e. The molecule has 182 valence electrons. The van der Waals surface area contributed by atoms with E-state index < -0.39 is 0 Å². The van der Waals surface area contributed by atoms with E-state index in [1.54, 1.807) is 24.3 Å². The van der Waals surface area contributed by atoms with Gasteiger partial charge in [-0.05, 0) is 99.9 Å². The van der Waals surface area contributed by atoms with Gasteiger partial charge < -0.3 is 10.4 Å². The molecule has 3 aromatic rings. The molecule has 35 heavy (non-hydrogen) atoms. The number of carbonyl (C=O) groups excluding carboxylic acids is 1. The molecule has 0 aromatic heterocycles. The first-order valence-corrected chi connectivity index (χ1v) is 12.5. The lowest BCUT2D eigenvalue weighted by molar-refractivity contribution is 0.102. The minimum Gasteiger partial charge on any atom is -0.508 e. The highest BCUT2D eigenvalue weighted by Crippen LogP contribution is 2.54. The number of hydrogen-bond acceptors (Lipinski definition) is 2. The van der Waals surface area contributed by atoms with E-state index >= 15 is 0 Å². The van der Waals surface area contributed by atoms with E-state index in [0.717, 1.165) is 12.0 Å². The third-order valence-corrected chi connectivity index (χ3v) is 8.28. The van der Waals surface area contributed by atoms with Crippen molar-refractivity contribution in [2.75, 3.05) is 5.32 Å². The van der Waals surface area contributed by atoms with E-state index in [0.29, 0.717) is 17.2 Å². The second-order valence-corrected chi connectivity index (χ2v) is 11.0. The van der Waals surface area contributed by atoms with Gasteiger partial charge in [0, 0.05) is 11.3 Å². The lowest BCUT2D eigenvalue weighted by atomic mass is 9.71. The molecule has 1 aliphatic carbocycles. The lowest BCUT2D eigenvalue weighted by Gasteiger charge is -2.32. The Balaban J connectivity index is 1.61. The van der Waals surface area contributed by atoms with Gasteiger partial charge in [0.2, 0.25) is 0 Å². The summed E-state index contributed by atoms with van der Waals surface area (Å²) in [6, 6.07) is 19.0. The normalized spacial score (nSPS) is 18.3. The van der Waals surface area contributed by atoms with Crippen LogP contribution in [0.3, 0.4) is 0 Å². The van der Waals surface area contributed by atoms with Crippen molar-refractivity contribution in [3.8, 4) is 5.75 Å². The van der Waals surface area contributed by atoms with Crippen LogP contribution in [-0.4, -0.2) is 11.0 Å². The van der Waals surface area contributed by atoms with Crippen LogP contribution < -0.4 is 5.32 Å². The van der Waals surface area contributed by atoms with Crippen LogP contribution >= 0.6 is 0 Å². The lowest BCUT2D eigenvalue weighted by Crippen LogP contribution is -2.30. The molecule has 3 nitrogen and oxygen atoms in total. The Morgan fingerprint density at radius 1 is 0.943 bits per heavy atom. The van der Waals surface area contributed by atoms with Crippen molar-refractivity contribution in [3.63, 3.8) is 0 Å². The first-order valence-electron chi connectivity index (χ1n) is 12.5. The highest BCUT2D eigenvalue weighted by atomic mass is 16.3. The van der Waals surface area contributed by atoms with Crippen molar-refractivity contribution in [2.45, 2.75) is 65.7 Å². The van der Waals surface area contributed by atoms with Gasteiger partial charge in [0.1, 0.15) is 5.75 Å². The molecule has 1 unspecified atom stereocenters. The van der Waals surface area contributed by atoms with Gasteiger partial charge in [-0.25, -0.2) is 0 Å². The summed E-state index contributed by atoms with van der Waals surface area (Å²) < 4.78 is 0. The van der Waals surface area contributed by atoms with E-state index in [-0.39, 0.29) is 22.5 Å². The van der Waals surface area contributed by atoms with Gasteiger partial charge in [0.05, 0.1) is 0 Å². The van der Waals surface area contributed by atoms with Crippen molar-refractivity contribution in [1.29, 1.82) is 0 Å². The molecule has 0 radical (unpaired) electrons. The Bertz CT molecular complexity index is 1280. The molecule has 4 rings (SSSR count). The maximum Gasteiger partial charge on any atom is 0.255 e. The molecule has 0 bridgehead atoms. The first-order chi connectivity index (χ1) is 16.4. The fraction of sp³-hybridized carbons (Fsp3) is 0.344. The Morgan fingerprint density at radius 3 is 2.09 bits per heavy atom. The SMILES string of the molecule is CCc1cc2c(cc1C(C)=Cc1ccc(C(=O)Nc3ccc(O)cc3)cc1)C(C)(C)C(C)C2(C)C. The topological polar surface area (TPSA) is 49.3 Å². The molecule has 2 N–H and O–H groups in total. The number of phenolic OH excluding ortho intramolecular Hbond substituents is 1. The Morgan fingerprint density at radius 2 is 1.51 bits per heavy atom. The summed E-state index contributed by atoms with van der Waals surface area (Å²) in [6.45, 7) is 16.3. The average molecular weight is 468 g/mol. The third kappa shape index (κ3) is 4.52.